The van der Waals surface area contributed by atoms with Gasteiger partial charge in [-0.2, -0.15) is 0 Å². The maximum atomic E-state index is 10.3. The lowest BCUT2D eigenvalue weighted by molar-refractivity contribution is 0.0344. The Bertz CT molecular complexity index is 199. The van der Waals surface area contributed by atoms with Gasteiger partial charge in [-0.3, -0.25) is 0 Å². The van der Waals surface area contributed by atoms with Crippen molar-refractivity contribution in [2.45, 2.75) is 79.4 Å². The molecular weight excluding hydrogens is 222 g/mol. The van der Waals surface area contributed by atoms with Crippen LogP contribution in [0.2, 0.25) is 0 Å². The first-order valence-electron chi connectivity index (χ1n) is 7.58. The maximum Gasteiger partial charge on any atom is 0.0746 e. The Morgan fingerprint density at radius 1 is 0.889 bits per heavy atom. The van der Waals surface area contributed by atoms with Crippen molar-refractivity contribution in [3.63, 3.8) is 0 Å². The van der Waals surface area contributed by atoms with Crippen molar-refractivity contribution in [3.8, 4) is 0 Å². The Morgan fingerprint density at radius 2 is 1.33 bits per heavy atom. The van der Waals surface area contributed by atoms with Gasteiger partial charge in [0, 0.05) is 12.6 Å². The van der Waals surface area contributed by atoms with Gasteiger partial charge in [-0.05, 0) is 43.9 Å². The predicted octanol–water partition coefficient (Wildman–Crippen LogP) is 3.83. The second-order valence-electron chi connectivity index (χ2n) is 7.43. The number of hydrogen-bond acceptors (Lipinski definition) is 2. The summed E-state index contributed by atoms with van der Waals surface area (Å²) in [5, 5.41) is 13.9. The predicted molar refractivity (Wildman–Crippen MR) is 80.8 cm³/mol. The van der Waals surface area contributed by atoms with Crippen molar-refractivity contribution in [3.05, 3.63) is 0 Å². The van der Waals surface area contributed by atoms with Crippen LogP contribution >= 0.6 is 0 Å². The molecule has 0 saturated heterocycles. The molecule has 0 saturated carbocycles. The molecule has 0 spiro atoms. The molecule has 0 aliphatic rings. The summed E-state index contributed by atoms with van der Waals surface area (Å²) in [7, 11) is 0. The normalized spacial score (nSPS) is 16.0. The first-order chi connectivity index (χ1) is 8.12. The van der Waals surface area contributed by atoms with E-state index in [1.807, 2.05) is 6.92 Å². The Balaban J connectivity index is 4.23. The van der Waals surface area contributed by atoms with E-state index in [0.29, 0.717) is 30.3 Å². The van der Waals surface area contributed by atoms with Crippen LogP contribution in [0.3, 0.4) is 0 Å². The Kier molecular flexibility index (Phi) is 8.13. The molecule has 0 amide bonds. The fourth-order valence-corrected chi connectivity index (χ4v) is 2.72. The summed E-state index contributed by atoms with van der Waals surface area (Å²) in [5.41, 5.74) is -0.583. The Labute approximate surface area is 115 Å². The summed E-state index contributed by atoms with van der Waals surface area (Å²) in [6.07, 6.45) is 3.24. The van der Waals surface area contributed by atoms with Crippen LogP contribution in [0, 0.1) is 17.8 Å². The zero-order valence-electron chi connectivity index (χ0n) is 13.6. The number of hydrogen-bond donors (Lipinski definition) is 2. The van der Waals surface area contributed by atoms with Crippen LogP contribution in [0.1, 0.15) is 67.7 Å². The van der Waals surface area contributed by atoms with Gasteiger partial charge in [0.2, 0.25) is 0 Å². The molecule has 0 heterocycles. The lowest BCUT2D eigenvalue weighted by atomic mass is 9.92. The van der Waals surface area contributed by atoms with Crippen LogP contribution in [0.4, 0.5) is 0 Å². The average Bonchev–Trinajstić information content (AvgIpc) is 2.10. The van der Waals surface area contributed by atoms with E-state index in [0.717, 1.165) is 6.42 Å². The largest absolute Gasteiger partial charge is 0.389 e. The fourth-order valence-electron chi connectivity index (χ4n) is 2.72. The molecule has 0 fully saturated rings. The molecule has 2 N–H and O–H groups in total. The van der Waals surface area contributed by atoms with Gasteiger partial charge >= 0.3 is 0 Å². The molecule has 2 nitrogen and oxygen atoms in total. The van der Waals surface area contributed by atoms with Crippen LogP contribution in [0.15, 0.2) is 0 Å². The molecule has 0 bridgehead atoms. The molecule has 0 aromatic heterocycles. The van der Waals surface area contributed by atoms with E-state index in [2.05, 4.69) is 46.9 Å². The second kappa shape index (κ2) is 8.16. The summed E-state index contributed by atoms with van der Waals surface area (Å²) < 4.78 is 0. The molecule has 1 unspecified atom stereocenters. The number of rotatable bonds is 9. The van der Waals surface area contributed by atoms with Gasteiger partial charge in [0.15, 0.2) is 0 Å². The fraction of sp³-hybridized carbons (Fsp3) is 1.00. The minimum Gasteiger partial charge on any atom is -0.389 e. The summed E-state index contributed by atoms with van der Waals surface area (Å²) in [5.74, 6) is 1.95. The number of aliphatic hydroxyl groups is 1. The molecule has 0 aliphatic carbocycles. The Morgan fingerprint density at radius 3 is 1.67 bits per heavy atom. The summed E-state index contributed by atoms with van der Waals surface area (Å²) in [6, 6.07) is 0.531. The van der Waals surface area contributed by atoms with E-state index in [1.54, 1.807) is 0 Å². The van der Waals surface area contributed by atoms with Crippen molar-refractivity contribution in [1.82, 2.24) is 5.32 Å². The standard InChI is InChI=1S/C16H35NO/c1-12(2)8-15(9-13(3)4)17-11-16(7,18)10-14(5)6/h12-15,17-18H,8-11H2,1-7H3. The topological polar surface area (TPSA) is 32.3 Å². The molecule has 0 rings (SSSR count). The van der Waals surface area contributed by atoms with Gasteiger partial charge in [0.1, 0.15) is 0 Å². The first-order valence-corrected chi connectivity index (χ1v) is 7.58. The van der Waals surface area contributed by atoms with Crippen molar-refractivity contribution in [2.75, 3.05) is 6.54 Å². The van der Waals surface area contributed by atoms with E-state index in [-0.39, 0.29) is 0 Å². The summed E-state index contributed by atoms with van der Waals surface area (Å²) in [4.78, 5) is 0. The van der Waals surface area contributed by atoms with Gasteiger partial charge in [0.25, 0.3) is 0 Å². The van der Waals surface area contributed by atoms with Gasteiger partial charge in [-0.25, -0.2) is 0 Å². The third kappa shape index (κ3) is 9.90. The van der Waals surface area contributed by atoms with E-state index in [1.165, 1.54) is 12.8 Å². The van der Waals surface area contributed by atoms with Crippen molar-refractivity contribution >= 4 is 0 Å². The Hall–Kier alpha value is -0.0800. The van der Waals surface area contributed by atoms with Gasteiger partial charge < -0.3 is 10.4 Å². The highest BCUT2D eigenvalue weighted by Crippen LogP contribution is 2.18. The lowest BCUT2D eigenvalue weighted by Crippen LogP contribution is -2.44. The van der Waals surface area contributed by atoms with Gasteiger partial charge in [0.05, 0.1) is 5.60 Å². The molecule has 0 aromatic rings. The second-order valence-corrected chi connectivity index (χ2v) is 7.43. The van der Waals surface area contributed by atoms with Gasteiger partial charge in [-0.15, -0.1) is 0 Å². The molecule has 0 aromatic carbocycles. The van der Waals surface area contributed by atoms with E-state index in [9.17, 15) is 5.11 Å². The molecule has 0 aliphatic heterocycles. The van der Waals surface area contributed by atoms with E-state index in [4.69, 9.17) is 0 Å². The van der Waals surface area contributed by atoms with Crippen molar-refractivity contribution in [2.24, 2.45) is 17.8 Å². The zero-order valence-corrected chi connectivity index (χ0v) is 13.6. The third-order valence-electron chi connectivity index (χ3n) is 3.13. The third-order valence-corrected chi connectivity index (χ3v) is 3.13. The number of nitrogens with one attached hydrogen (secondary N) is 1. The molecule has 1 atom stereocenters. The SMILES string of the molecule is CC(C)CC(CC(C)C)NCC(C)(O)CC(C)C. The molecule has 18 heavy (non-hydrogen) atoms. The highest BCUT2D eigenvalue weighted by atomic mass is 16.3. The average molecular weight is 257 g/mol. The van der Waals surface area contributed by atoms with Crippen LogP contribution in [0.25, 0.3) is 0 Å². The molecular formula is C16H35NO. The summed E-state index contributed by atoms with van der Waals surface area (Å²) >= 11 is 0. The van der Waals surface area contributed by atoms with Gasteiger partial charge in [-0.1, -0.05) is 41.5 Å². The van der Waals surface area contributed by atoms with Crippen LogP contribution < -0.4 is 5.32 Å². The van der Waals surface area contributed by atoms with Crippen molar-refractivity contribution in [1.29, 1.82) is 0 Å². The minimum atomic E-state index is -0.583. The van der Waals surface area contributed by atoms with E-state index >= 15 is 0 Å². The highest BCUT2D eigenvalue weighted by molar-refractivity contribution is 4.80. The maximum absolute atomic E-state index is 10.3. The monoisotopic (exact) mass is 257 g/mol. The molecule has 0 radical (unpaired) electrons. The quantitative estimate of drug-likeness (QED) is 0.658. The first kappa shape index (κ1) is 17.9. The van der Waals surface area contributed by atoms with Crippen LogP contribution in [0.5, 0.6) is 0 Å². The van der Waals surface area contributed by atoms with E-state index < -0.39 is 5.60 Å². The lowest BCUT2D eigenvalue weighted by Gasteiger charge is -2.30. The molecule has 110 valence electrons. The smallest absolute Gasteiger partial charge is 0.0746 e. The molecule has 2 heteroatoms. The summed E-state index contributed by atoms with van der Waals surface area (Å²) in [6.45, 7) is 16.0. The zero-order chi connectivity index (χ0) is 14.3. The van der Waals surface area contributed by atoms with Crippen LogP contribution in [-0.4, -0.2) is 23.3 Å². The highest BCUT2D eigenvalue weighted by Gasteiger charge is 2.23. The van der Waals surface area contributed by atoms with Crippen molar-refractivity contribution < 1.29 is 5.11 Å². The minimum absolute atomic E-state index is 0.531. The van der Waals surface area contributed by atoms with Crippen LogP contribution in [-0.2, 0) is 0 Å².